The molecule has 0 radical (unpaired) electrons. The summed E-state index contributed by atoms with van der Waals surface area (Å²) in [5, 5.41) is 3.06. The zero-order valence-electron chi connectivity index (χ0n) is 11.5. The van der Waals surface area contributed by atoms with Crippen LogP contribution in [0.1, 0.15) is 37.8 Å². The second kappa shape index (κ2) is 6.57. The van der Waals surface area contributed by atoms with Gasteiger partial charge >= 0.3 is 0 Å². The van der Waals surface area contributed by atoms with Crippen LogP contribution in [0.15, 0.2) is 24.3 Å². The molecule has 1 aliphatic heterocycles. The molecule has 1 aromatic rings. The highest BCUT2D eigenvalue weighted by atomic mass is 16.5. The van der Waals surface area contributed by atoms with Gasteiger partial charge in [0.05, 0.1) is 13.2 Å². The first-order chi connectivity index (χ1) is 9.26. The second-order valence-electron chi connectivity index (χ2n) is 4.71. The maximum absolute atomic E-state index is 12.1. The molecule has 1 amide bonds. The molecular formula is C15H21NO3. The van der Waals surface area contributed by atoms with Crippen molar-refractivity contribution in [1.82, 2.24) is 5.32 Å². The monoisotopic (exact) mass is 263 g/mol. The summed E-state index contributed by atoms with van der Waals surface area (Å²) in [5.74, 6) is 0.789. The van der Waals surface area contributed by atoms with Crippen LogP contribution in [0.2, 0.25) is 0 Å². The van der Waals surface area contributed by atoms with Gasteiger partial charge in [0.2, 0.25) is 5.91 Å². The number of hydrogen-bond acceptors (Lipinski definition) is 3. The number of methoxy groups -OCH3 is 1. The van der Waals surface area contributed by atoms with Gasteiger partial charge in [0.25, 0.3) is 0 Å². The van der Waals surface area contributed by atoms with Gasteiger partial charge in [-0.3, -0.25) is 4.79 Å². The second-order valence-corrected chi connectivity index (χ2v) is 4.71. The molecule has 0 saturated carbocycles. The Morgan fingerprint density at radius 3 is 2.95 bits per heavy atom. The summed E-state index contributed by atoms with van der Waals surface area (Å²) in [7, 11) is 1.65. The van der Waals surface area contributed by atoms with Crippen molar-refractivity contribution in [1.29, 1.82) is 0 Å². The van der Waals surface area contributed by atoms with Crippen molar-refractivity contribution in [2.45, 2.75) is 38.3 Å². The summed E-state index contributed by atoms with van der Waals surface area (Å²) < 4.78 is 10.8. The highest BCUT2D eigenvalue weighted by molar-refractivity contribution is 5.81. The van der Waals surface area contributed by atoms with E-state index in [1.54, 1.807) is 7.11 Å². The van der Waals surface area contributed by atoms with E-state index in [1.807, 2.05) is 31.2 Å². The number of benzene rings is 1. The first kappa shape index (κ1) is 13.9. The molecule has 1 aliphatic rings. The third kappa shape index (κ3) is 3.26. The van der Waals surface area contributed by atoms with Gasteiger partial charge in [-0.05, 0) is 25.3 Å². The summed E-state index contributed by atoms with van der Waals surface area (Å²) in [6.45, 7) is 2.73. The zero-order chi connectivity index (χ0) is 13.7. The van der Waals surface area contributed by atoms with E-state index in [0.717, 1.165) is 30.6 Å². The SMILES string of the molecule is CCC(NC(=O)C1CCCO1)c1ccccc1OC. The van der Waals surface area contributed by atoms with Gasteiger partial charge in [-0.2, -0.15) is 0 Å². The van der Waals surface area contributed by atoms with Crippen molar-refractivity contribution in [2.75, 3.05) is 13.7 Å². The van der Waals surface area contributed by atoms with E-state index < -0.39 is 0 Å². The number of para-hydroxylation sites is 1. The fourth-order valence-corrected chi connectivity index (χ4v) is 2.40. The van der Waals surface area contributed by atoms with Crippen LogP contribution in [0, 0.1) is 0 Å². The Balaban J connectivity index is 2.08. The van der Waals surface area contributed by atoms with Crippen molar-refractivity contribution in [2.24, 2.45) is 0 Å². The molecule has 2 atom stereocenters. The summed E-state index contributed by atoms with van der Waals surface area (Å²) in [4.78, 5) is 12.1. The predicted molar refractivity (Wildman–Crippen MR) is 73.1 cm³/mol. The topological polar surface area (TPSA) is 47.6 Å². The van der Waals surface area contributed by atoms with E-state index in [1.165, 1.54) is 0 Å². The summed E-state index contributed by atoms with van der Waals surface area (Å²) in [6.07, 6.45) is 2.31. The lowest BCUT2D eigenvalue weighted by Gasteiger charge is -2.21. The normalized spacial score (nSPS) is 20.0. The first-order valence-electron chi connectivity index (χ1n) is 6.81. The van der Waals surface area contributed by atoms with Crippen LogP contribution in [0.5, 0.6) is 5.75 Å². The average molecular weight is 263 g/mol. The zero-order valence-corrected chi connectivity index (χ0v) is 11.5. The lowest BCUT2D eigenvalue weighted by atomic mass is 10.0. The van der Waals surface area contributed by atoms with Gasteiger partial charge in [0.1, 0.15) is 11.9 Å². The fourth-order valence-electron chi connectivity index (χ4n) is 2.40. The van der Waals surface area contributed by atoms with Gasteiger partial charge in [-0.1, -0.05) is 25.1 Å². The van der Waals surface area contributed by atoms with Crippen LogP contribution < -0.4 is 10.1 Å². The van der Waals surface area contributed by atoms with E-state index in [9.17, 15) is 4.79 Å². The van der Waals surface area contributed by atoms with Crippen LogP contribution in [-0.4, -0.2) is 25.7 Å². The minimum atomic E-state index is -0.288. The summed E-state index contributed by atoms with van der Waals surface area (Å²) in [5.41, 5.74) is 1.01. The van der Waals surface area contributed by atoms with E-state index in [4.69, 9.17) is 9.47 Å². The Morgan fingerprint density at radius 1 is 1.53 bits per heavy atom. The number of rotatable bonds is 5. The first-order valence-corrected chi connectivity index (χ1v) is 6.81. The quantitative estimate of drug-likeness (QED) is 0.887. The molecule has 0 aromatic heterocycles. The maximum atomic E-state index is 12.1. The average Bonchev–Trinajstić information content (AvgIpc) is 2.98. The van der Waals surface area contributed by atoms with Crippen LogP contribution in [0.3, 0.4) is 0 Å². The van der Waals surface area contributed by atoms with Crippen molar-refractivity contribution in [3.05, 3.63) is 29.8 Å². The molecule has 1 N–H and O–H groups in total. The molecule has 0 aliphatic carbocycles. The molecular weight excluding hydrogens is 242 g/mol. The summed E-state index contributed by atoms with van der Waals surface area (Å²) >= 11 is 0. The molecule has 1 saturated heterocycles. The molecule has 19 heavy (non-hydrogen) atoms. The number of carbonyl (C=O) groups is 1. The van der Waals surface area contributed by atoms with Crippen LogP contribution in [-0.2, 0) is 9.53 Å². The number of carbonyl (C=O) groups excluding carboxylic acids is 1. The van der Waals surface area contributed by atoms with Gasteiger partial charge in [0, 0.05) is 12.2 Å². The van der Waals surface area contributed by atoms with Crippen LogP contribution >= 0.6 is 0 Å². The van der Waals surface area contributed by atoms with Gasteiger partial charge in [0.15, 0.2) is 0 Å². The minimum absolute atomic E-state index is 0.0183. The molecule has 0 spiro atoms. The van der Waals surface area contributed by atoms with Crippen molar-refractivity contribution < 1.29 is 14.3 Å². The lowest BCUT2D eigenvalue weighted by molar-refractivity contribution is -0.130. The number of ether oxygens (including phenoxy) is 2. The van der Waals surface area contributed by atoms with Crippen molar-refractivity contribution >= 4 is 5.91 Å². The highest BCUT2D eigenvalue weighted by Gasteiger charge is 2.26. The van der Waals surface area contributed by atoms with E-state index in [0.29, 0.717) is 6.61 Å². The van der Waals surface area contributed by atoms with Crippen LogP contribution in [0.4, 0.5) is 0 Å². The Labute approximate surface area is 114 Å². The largest absolute Gasteiger partial charge is 0.496 e. The number of nitrogens with one attached hydrogen (secondary N) is 1. The Hall–Kier alpha value is -1.55. The molecule has 1 heterocycles. The maximum Gasteiger partial charge on any atom is 0.249 e. The highest BCUT2D eigenvalue weighted by Crippen LogP contribution is 2.27. The van der Waals surface area contributed by atoms with Crippen molar-refractivity contribution in [3.8, 4) is 5.75 Å². The van der Waals surface area contributed by atoms with E-state index in [-0.39, 0.29) is 18.1 Å². The molecule has 0 bridgehead atoms. The third-order valence-corrected chi connectivity index (χ3v) is 3.46. The molecule has 4 heteroatoms. The Kier molecular flexibility index (Phi) is 4.80. The molecule has 2 unspecified atom stereocenters. The smallest absolute Gasteiger partial charge is 0.249 e. The Bertz CT molecular complexity index is 427. The number of amides is 1. The van der Waals surface area contributed by atoms with Gasteiger partial charge in [-0.15, -0.1) is 0 Å². The van der Waals surface area contributed by atoms with Gasteiger partial charge in [-0.25, -0.2) is 0 Å². The summed E-state index contributed by atoms with van der Waals surface area (Å²) in [6, 6.07) is 7.75. The predicted octanol–water partition coefficient (Wildman–Crippen LogP) is 2.44. The molecule has 1 aromatic carbocycles. The lowest BCUT2D eigenvalue weighted by Crippen LogP contribution is -2.36. The van der Waals surface area contributed by atoms with E-state index in [2.05, 4.69) is 5.32 Å². The van der Waals surface area contributed by atoms with Gasteiger partial charge < -0.3 is 14.8 Å². The third-order valence-electron chi connectivity index (χ3n) is 3.46. The van der Waals surface area contributed by atoms with E-state index >= 15 is 0 Å². The fraction of sp³-hybridized carbons (Fsp3) is 0.533. The van der Waals surface area contributed by atoms with Crippen LogP contribution in [0.25, 0.3) is 0 Å². The standard InChI is InChI=1S/C15H21NO3/c1-3-12(11-7-4-5-8-13(11)18-2)16-15(17)14-9-6-10-19-14/h4-5,7-8,12,14H,3,6,9-10H2,1-2H3,(H,16,17). The molecule has 104 valence electrons. The minimum Gasteiger partial charge on any atom is -0.496 e. The molecule has 4 nitrogen and oxygen atoms in total. The number of hydrogen-bond donors (Lipinski definition) is 1. The Morgan fingerprint density at radius 2 is 2.32 bits per heavy atom. The molecule has 1 fully saturated rings. The van der Waals surface area contributed by atoms with Crippen molar-refractivity contribution in [3.63, 3.8) is 0 Å². The molecule has 2 rings (SSSR count).